The third-order valence-electron chi connectivity index (χ3n) is 3.83. The number of carbonyl (C=O) groups is 2. The molecule has 2 amide bonds. The predicted octanol–water partition coefficient (Wildman–Crippen LogP) is 3.51. The Morgan fingerprint density at radius 3 is 2.48 bits per heavy atom. The second kappa shape index (κ2) is 6.12. The van der Waals surface area contributed by atoms with Crippen LogP contribution in [0.4, 0.5) is 16.2 Å². The molecule has 23 heavy (non-hydrogen) atoms. The average molecular weight is 310 g/mol. The highest BCUT2D eigenvalue weighted by Crippen LogP contribution is 2.21. The van der Waals surface area contributed by atoms with Crippen LogP contribution in [0.25, 0.3) is 0 Å². The van der Waals surface area contributed by atoms with Gasteiger partial charge in [0, 0.05) is 16.9 Å². The van der Waals surface area contributed by atoms with E-state index in [2.05, 4.69) is 5.32 Å². The first-order valence-corrected chi connectivity index (χ1v) is 7.47. The van der Waals surface area contributed by atoms with E-state index in [4.69, 9.17) is 4.74 Å². The lowest BCUT2D eigenvalue weighted by Crippen LogP contribution is -2.23. The van der Waals surface area contributed by atoms with Crippen molar-refractivity contribution in [1.82, 2.24) is 0 Å². The summed E-state index contributed by atoms with van der Waals surface area (Å²) in [4.78, 5) is 25.4. The van der Waals surface area contributed by atoms with Crippen molar-refractivity contribution < 1.29 is 14.3 Å². The lowest BCUT2D eigenvalue weighted by Gasteiger charge is -2.13. The van der Waals surface area contributed by atoms with Crippen LogP contribution in [-0.2, 0) is 4.74 Å². The van der Waals surface area contributed by atoms with Crippen LogP contribution < -0.4 is 10.2 Å². The molecule has 1 saturated heterocycles. The molecule has 0 atom stereocenters. The maximum Gasteiger partial charge on any atom is 0.414 e. The van der Waals surface area contributed by atoms with Crippen molar-refractivity contribution in [3.05, 3.63) is 59.2 Å². The lowest BCUT2D eigenvalue weighted by atomic mass is 10.1. The van der Waals surface area contributed by atoms with Crippen LogP contribution in [0.15, 0.2) is 42.5 Å². The molecular formula is C18H18N2O3. The van der Waals surface area contributed by atoms with E-state index < -0.39 is 0 Å². The summed E-state index contributed by atoms with van der Waals surface area (Å²) in [5.74, 6) is -0.174. The first kappa shape index (κ1) is 15.1. The number of benzene rings is 2. The van der Waals surface area contributed by atoms with E-state index in [1.165, 1.54) is 0 Å². The largest absolute Gasteiger partial charge is 0.447 e. The molecule has 0 aliphatic carbocycles. The van der Waals surface area contributed by atoms with Gasteiger partial charge in [-0.05, 0) is 49.7 Å². The highest BCUT2D eigenvalue weighted by Gasteiger charge is 2.23. The first-order valence-electron chi connectivity index (χ1n) is 7.47. The number of nitrogens with one attached hydrogen (secondary N) is 1. The monoisotopic (exact) mass is 310 g/mol. The fourth-order valence-corrected chi connectivity index (χ4v) is 2.57. The van der Waals surface area contributed by atoms with Crippen LogP contribution in [0.1, 0.15) is 21.5 Å². The summed E-state index contributed by atoms with van der Waals surface area (Å²) in [7, 11) is 0. The van der Waals surface area contributed by atoms with Crippen molar-refractivity contribution in [2.45, 2.75) is 13.8 Å². The predicted molar refractivity (Wildman–Crippen MR) is 89.0 cm³/mol. The Balaban J connectivity index is 1.74. The van der Waals surface area contributed by atoms with Crippen molar-refractivity contribution in [2.75, 3.05) is 23.4 Å². The molecule has 1 aliphatic rings. The fourth-order valence-electron chi connectivity index (χ4n) is 2.57. The van der Waals surface area contributed by atoms with E-state index in [9.17, 15) is 9.59 Å². The van der Waals surface area contributed by atoms with E-state index in [0.717, 1.165) is 22.5 Å². The molecule has 5 nitrogen and oxygen atoms in total. The minimum atomic E-state index is -0.350. The van der Waals surface area contributed by atoms with Crippen molar-refractivity contribution in [3.63, 3.8) is 0 Å². The fraction of sp³-hybridized carbons (Fsp3) is 0.222. The normalized spacial score (nSPS) is 13.8. The molecule has 118 valence electrons. The molecule has 1 fully saturated rings. The number of carbonyl (C=O) groups excluding carboxylic acids is 2. The van der Waals surface area contributed by atoms with Gasteiger partial charge >= 0.3 is 6.09 Å². The van der Waals surface area contributed by atoms with E-state index in [1.807, 2.05) is 32.0 Å². The summed E-state index contributed by atoms with van der Waals surface area (Å²) in [6.07, 6.45) is -0.350. The third kappa shape index (κ3) is 3.18. The first-order chi connectivity index (χ1) is 11.0. The lowest BCUT2D eigenvalue weighted by molar-refractivity contribution is 0.102. The molecule has 1 N–H and O–H groups in total. The van der Waals surface area contributed by atoms with Gasteiger partial charge in [-0.25, -0.2) is 4.79 Å². The SMILES string of the molecule is Cc1ccc(NC(=O)c2ccc(N3CCOC3=O)cc2)c(C)c1. The summed E-state index contributed by atoms with van der Waals surface area (Å²) < 4.78 is 4.91. The zero-order valence-electron chi connectivity index (χ0n) is 13.1. The molecule has 1 heterocycles. The molecule has 2 aromatic rings. The van der Waals surface area contributed by atoms with Crippen LogP contribution in [0.3, 0.4) is 0 Å². The summed E-state index contributed by atoms with van der Waals surface area (Å²) in [6, 6.07) is 12.8. The highest BCUT2D eigenvalue weighted by molar-refractivity contribution is 6.05. The van der Waals surface area contributed by atoms with Crippen LogP contribution in [-0.4, -0.2) is 25.2 Å². The second-order valence-electron chi connectivity index (χ2n) is 5.59. The number of ether oxygens (including phenoxy) is 1. The molecule has 0 radical (unpaired) electrons. The topological polar surface area (TPSA) is 58.6 Å². The standard InChI is InChI=1S/C18H18N2O3/c1-12-3-8-16(13(2)11-12)19-17(21)14-4-6-15(7-5-14)20-9-10-23-18(20)22/h3-8,11H,9-10H2,1-2H3,(H,19,21). The number of nitrogens with zero attached hydrogens (tertiary/aromatic N) is 1. The van der Waals surface area contributed by atoms with Crippen molar-refractivity contribution in [1.29, 1.82) is 0 Å². The zero-order chi connectivity index (χ0) is 16.4. The zero-order valence-corrected chi connectivity index (χ0v) is 13.1. The second-order valence-corrected chi connectivity index (χ2v) is 5.59. The van der Waals surface area contributed by atoms with Gasteiger partial charge in [-0.1, -0.05) is 17.7 Å². The molecular weight excluding hydrogens is 292 g/mol. The summed E-state index contributed by atoms with van der Waals surface area (Å²) in [5.41, 5.74) is 4.25. The third-order valence-corrected chi connectivity index (χ3v) is 3.83. The van der Waals surface area contributed by atoms with E-state index in [-0.39, 0.29) is 12.0 Å². The number of anilines is 2. The van der Waals surface area contributed by atoms with Gasteiger partial charge < -0.3 is 10.1 Å². The molecule has 0 unspecified atom stereocenters. The maximum atomic E-state index is 12.3. The van der Waals surface area contributed by atoms with Gasteiger partial charge in [-0.15, -0.1) is 0 Å². The van der Waals surface area contributed by atoms with Crippen molar-refractivity contribution in [2.24, 2.45) is 0 Å². The summed E-state index contributed by atoms with van der Waals surface area (Å²) in [6.45, 7) is 4.91. The van der Waals surface area contributed by atoms with Crippen molar-refractivity contribution >= 4 is 23.4 Å². The Bertz CT molecular complexity index is 753. The Morgan fingerprint density at radius 2 is 1.87 bits per heavy atom. The molecule has 0 spiro atoms. The molecule has 2 aromatic carbocycles. The minimum Gasteiger partial charge on any atom is -0.447 e. The maximum absolute atomic E-state index is 12.3. The van der Waals surface area contributed by atoms with Crippen LogP contribution >= 0.6 is 0 Å². The Labute approximate surface area is 134 Å². The Kier molecular flexibility index (Phi) is 4.02. The molecule has 1 aliphatic heterocycles. The smallest absolute Gasteiger partial charge is 0.414 e. The van der Waals surface area contributed by atoms with Gasteiger partial charge in [0.25, 0.3) is 5.91 Å². The molecule has 3 rings (SSSR count). The number of cyclic esters (lactones) is 1. The number of rotatable bonds is 3. The van der Waals surface area contributed by atoms with Gasteiger partial charge in [0.15, 0.2) is 0 Å². The van der Waals surface area contributed by atoms with E-state index in [0.29, 0.717) is 18.7 Å². The minimum absolute atomic E-state index is 0.174. The number of hydrogen-bond acceptors (Lipinski definition) is 3. The van der Waals surface area contributed by atoms with Crippen LogP contribution in [0.2, 0.25) is 0 Å². The number of amides is 2. The molecule has 0 bridgehead atoms. The Hall–Kier alpha value is -2.82. The van der Waals surface area contributed by atoms with Crippen LogP contribution in [0, 0.1) is 13.8 Å². The summed E-state index contributed by atoms with van der Waals surface area (Å²) >= 11 is 0. The number of aryl methyl sites for hydroxylation is 2. The van der Waals surface area contributed by atoms with Crippen LogP contribution in [0.5, 0.6) is 0 Å². The molecule has 0 aromatic heterocycles. The average Bonchev–Trinajstić information content (AvgIpc) is 2.96. The van der Waals surface area contributed by atoms with Gasteiger partial charge in [-0.3, -0.25) is 9.69 Å². The highest BCUT2D eigenvalue weighted by atomic mass is 16.6. The quantitative estimate of drug-likeness (QED) is 0.943. The number of hydrogen-bond donors (Lipinski definition) is 1. The van der Waals surface area contributed by atoms with Gasteiger partial charge in [0.1, 0.15) is 6.61 Å². The van der Waals surface area contributed by atoms with Gasteiger partial charge in [0.05, 0.1) is 6.54 Å². The van der Waals surface area contributed by atoms with E-state index >= 15 is 0 Å². The summed E-state index contributed by atoms with van der Waals surface area (Å²) in [5, 5.41) is 2.91. The van der Waals surface area contributed by atoms with Gasteiger partial charge in [0.2, 0.25) is 0 Å². The molecule has 0 saturated carbocycles. The molecule has 5 heteroatoms. The van der Waals surface area contributed by atoms with E-state index in [1.54, 1.807) is 29.2 Å². The van der Waals surface area contributed by atoms with Gasteiger partial charge in [-0.2, -0.15) is 0 Å². The van der Waals surface area contributed by atoms with Crippen molar-refractivity contribution in [3.8, 4) is 0 Å². The Morgan fingerprint density at radius 1 is 1.13 bits per heavy atom.